The summed E-state index contributed by atoms with van der Waals surface area (Å²) >= 11 is 3.34. The van der Waals surface area contributed by atoms with Gasteiger partial charge in [-0.1, -0.05) is 12.1 Å². The third kappa shape index (κ3) is 3.70. The van der Waals surface area contributed by atoms with Crippen LogP contribution in [0.5, 0.6) is 0 Å². The van der Waals surface area contributed by atoms with Gasteiger partial charge < -0.3 is 9.88 Å². The molecule has 0 bridgehead atoms. The molecule has 1 unspecified atom stereocenters. The van der Waals surface area contributed by atoms with Crippen LogP contribution in [0.1, 0.15) is 23.0 Å². The largest absolute Gasteiger partial charge is 0.348 e. The minimum atomic E-state index is -0.251. The number of rotatable bonds is 4. The highest BCUT2D eigenvalue weighted by molar-refractivity contribution is 9.10. The van der Waals surface area contributed by atoms with Gasteiger partial charge in [-0.15, -0.1) is 0 Å². The monoisotopic (exact) mass is 338 g/mol. The second kappa shape index (κ2) is 6.22. The molecule has 5 heteroatoms. The number of amides is 1. The van der Waals surface area contributed by atoms with Crippen LogP contribution < -0.4 is 5.32 Å². The molecule has 0 aliphatic carbocycles. The normalized spacial score (nSPS) is 12.2. The van der Waals surface area contributed by atoms with E-state index < -0.39 is 0 Å². The van der Waals surface area contributed by atoms with E-state index >= 15 is 0 Å². The maximum Gasteiger partial charge on any atom is 0.268 e. The molecule has 1 atom stereocenters. The van der Waals surface area contributed by atoms with Crippen molar-refractivity contribution in [2.75, 3.05) is 0 Å². The van der Waals surface area contributed by atoms with E-state index in [1.54, 1.807) is 22.8 Å². The number of hydrogen-bond donors (Lipinski definition) is 1. The molecule has 0 saturated heterocycles. The van der Waals surface area contributed by atoms with Gasteiger partial charge in [-0.25, -0.2) is 4.39 Å². The van der Waals surface area contributed by atoms with Crippen LogP contribution in [0.4, 0.5) is 4.39 Å². The number of hydrogen-bond acceptors (Lipinski definition) is 1. The molecule has 1 aromatic carbocycles. The van der Waals surface area contributed by atoms with E-state index in [4.69, 9.17) is 0 Å². The molecule has 1 amide bonds. The number of benzene rings is 1. The fourth-order valence-corrected chi connectivity index (χ4v) is 2.60. The molecule has 2 aromatic rings. The molecular weight excluding hydrogens is 323 g/mol. The Bertz CT molecular complexity index is 607. The molecule has 1 N–H and O–H groups in total. The Kier molecular flexibility index (Phi) is 4.60. The summed E-state index contributed by atoms with van der Waals surface area (Å²) in [6.45, 7) is 1.93. The lowest BCUT2D eigenvalue weighted by Crippen LogP contribution is -2.35. The first-order chi connectivity index (χ1) is 9.45. The molecule has 0 fully saturated rings. The van der Waals surface area contributed by atoms with E-state index in [-0.39, 0.29) is 17.8 Å². The van der Waals surface area contributed by atoms with Gasteiger partial charge in [-0.3, -0.25) is 4.79 Å². The molecule has 0 aliphatic rings. The van der Waals surface area contributed by atoms with Crippen molar-refractivity contribution in [2.45, 2.75) is 19.4 Å². The van der Waals surface area contributed by atoms with Gasteiger partial charge in [0.25, 0.3) is 5.91 Å². The van der Waals surface area contributed by atoms with Crippen LogP contribution in [0, 0.1) is 5.82 Å². The lowest BCUT2D eigenvalue weighted by molar-refractivity contribution is 0.0932. The average molecular weight is 339 g/mol. The summed E-state index contributed by atoms with van der Waals surface area (Å²) < 4.78 is 15.5. The van der Waals surface area contributed by atoms with Crippen LogP contribution >= 0.6 is 15.9 Å². The molecule has 0 aliphatic heterocycles. The average Bonchev–Trinajstić information content (AvgIpc) is 2.71. The van der Waals surface area contributed by atoms with Crippen molar-refractivity contribution >= 4 is 21.8 Å². The van der Waals surface area contributed by atoms with Gasteiger partial charge in [-0.2, -0.15) is 0 Å². The third-order valence-corrected chi connectivity index (χ3v) is 3.47. The Morgan fingerprint density at radius 2 is 2.05 bits per heavy atom. The fourth-order valence-electron chi connectivity index (χ4n) is 2.07. The van der Waals surface area contributed by atoms with Gasteiger partial charge in [0.1, 0.15) is 11.5 Å². The molecule has 0 saturated carbocycles. The summed E-state index contributed by atoms with van der Waals surface area (Å²) in [5.41, 5.74) is 1.59. The van der Waals surface area contributed by atoms with Crippen molar-refractivity contribution in [3.63, 3.8) is 0 Å². The molecule has 3 nitrogen and oxygen atoms in total. The molecule has 1 aromatic heterocycles. The number of aromatic nitrogens is 1. The molecule has 1 heterocycles. The number of nitrogens with zero attached hydrogens (tertiary/aromatic N) is 1. The Balaban J connectivity index is 1.97. The van der Waals surface area contributed by atoms with Crippen LogP contribution in [0.2, 0.25) is 0 Å². The predicted octanol–water partition coefficient (Wildman–Crippen LogP) is 3.29. The summed E-state index contributed by atoms with van der Waals surface area (Å²) in [5.74, 6) is -0.369. The first-order valence-corrected chi connectivity index (χ1v) is 7.12. The first kappa shape index (κ1) is 14.8. The van der Waals surface area contributed by atoms with Crippen molar-refractivity contribution in [3.05, 3.63) is 58.1 Å². The number of aryl methyl sites for hydroxylation is 1. The highest BCUT2D eigenvalue weighted by Gasteiger charge is 2.14. The van der Waals surface area contributed by atoms with E-state index in [1.807, 2.05) is 20.2 Å². The van der Waals surface area contributed by atoms with Crippen molar-refractivity contribution in [2.24, 2.45) is 7.05 Å². The first-order valence-electron chi connectivity index (χ1n) is 6.33. The smallest absolute Gasteiger partial charge is 0.268 e. The number of nitrogens with one attached hydrogen (secondary N) is 1. The van der Waals surface area contributed by atoms with E-state index in [2.05, 4.69) is 21.2 Å². The van der Waals surface area contributed by atoms with Crippen molar-refractivity contribution in [1.29, 1.82) is 0 Å². The molecule has 2 rings (SSSR count). The Morgan fingerprint density at radius 3 is 2.60 bits per heavy atom. The van der Waals surface area contributed by atoms with E-state index in [0.29, 0.717) is 12.1 Å². The van der Waals surface area contributed by atoms with Gasteiger partial charge in [-0.05, 0) is 53.0 Å². The van der Waals surface area contributed by atoms with Gasteiger partial charge in [0.2, 0.25) is 0 Å². The number of halogens is 2. The minimum Gasteiger partial charge on any atom is -0.348 e. The van der Waals surface area contributed by atoms with Gasteiger partial charge in [0.15, 0.2) is 0 Å². The van der Waals surface area contributed by atoms with Crippen LogP contribution in [0.25, 0.3) is 0 Å². The van der Waals surface area contributed by atoms with E-state index in [1.165, 1.54) is 12.1 Å². The maximum absolute atomic E-state index is 12.8. The second-order valence-electron chi connectivity index (χ2n) is 4.86. The Morgan fingerprint density at radius 1 is 1.40 bits per heavy atom. The quantitative estimate of drug-likeness (QED) is 0.911. The van der Waals surface area contributed by atoms with Crippen molar-refractivity contribution in [1.82, 2.24) is 9.88 Å². The Hall–Kier alpha value is -1.62. The van der Waals surface area contributed by atoms with Crippen LogP contribution in [0.15, 0.2) is 41.0 Å². The summed E-state index contributed by atoms with van der Waals surface area (Å²) in [5, 5.41) is 2.94. The van der Waals surface area contributed by atoms with Gasteiger partial charge >= 0.3 is 0 Å². The standard InChI is InChI=1S/C15H16BrFN2O/c1-10(7-11-3-5-13(17)6-4-11)18-15(20)14-8-12(16)9-19(14)2/h3-6,8-10H,7H2,1-2H3,(H,18,20). The molecule has 20 heavy (non-hydrogen) atoms. The lowest BCUT2D eigenvalue weighted by Gasteiger charge is -2.14. The lowest BCUT2D eigenvalue weighted by atomic mass is 10.1. The summed E-state index contributed by atoms with van der Waals surface area (Å²) in [6.07, 6.45) is 2.50. The van der Waals surface area contributed by atoms with E-state index in [9.17, 15) is 9.18 Å². The minimum absolute atomic E-state index is 0.0263. The zero-order valence-electron chi connectivity index (χ0n) is 11.4. The van der Waals surface area contributed by atoms with Crippen LogP contribution in [0.3, 0.4) is 0 Å². The number of carbonyl (C=O) groups is 1. The topological polar surface area (TPSA) is 34.0 Å². The molecule has 0 radical (unpaired) electrons. The SMILES string of the molecule is CC(Cc1ccc(F)cc1)NC(=O)c1cc(Br)cn1C. The van der Waals surface area contributed by atoms with Crippen LogP contribution in [-0.4, -0.2) is 16.5 Å². The van der Waals surface area contributed by atoms with Crippen molar-refractivity contribution in [3.8, 4) is 0 Å². The summed E-state index contributed by atoms with van der Waals surface area (Å²) in [6, 6.07) is 8.08. The van der Waals surface area contributed by atoms with Crippen LogP contribution in [-0.2, 0) is 13.5 Å². The Labute approximate surface area is 125 Å². The zero-order valence-corrected chi connectivity index (χ0v) is 12.9. The van der Waals surface area contributed by atoms with E-state index in [0.717, 1.165) is 10.0 Å². The third-order valence-electron chi connectivity index (χ3n) is 3.04. The zero-order chi connectivity index (χ0) is 14.7. The molecular formula is C15H16BrFN2O. The fraction of sp³-hybridized carbons (Fsp3) is 0.267. The molecule has 0 spiro atoms. The highest BCUT2D eigenvalue weighted by Crippen LogP contribution is 2.14. The van der Waals surface area contributed by atoms with Gasteiger partial charge in [0.05, 0.1) is 0 Å². The predicted molar refractivity (Wildman–Crippen MR) is 80.1 cm³/mol. The van der Waals surface area contributed by atoms with Crippen molar-refractivity contribution < 1.29 is 9.18 Å². The molecule has 106 valence electrons. The second-order valence-corrected chi connectivity index (χ2v) is 5.78. The summed E-state index contributed by atoms with van der Waals surface area (Å²) in [4.78, 5) is 12.1. The van der Waals surface area contributed by atoms with Gasteiger partial charge in [0, 0.05) is 23.8 Å². The summed E-state index contributed by atoms with van der Waals surface area (Å²) in [7, 11) is 1.82. The highest BCUT2D eigenvalue weighted by atomic mass is 79.9. The maximum atomic E-state index is 12.8. The number of carbonyl (C=O) groups excluding carboxylic acids is 1.